The normalized spacial score (nSPS) is 10.9. The first-order chi connectivity index (χ1) is 10.0. The predicted molar refractivity (Wildman–Crippen MR) is 78.5 cm³/mol. The predicted octanol–water partition coefficient (Wildman–Crippen LogP) is 2.25. The second-order valence-corrected chi connectivity index (χ2v) is 4.72. The van der Waals surface area contributed by atoms with E-state index >= 15 is 0 Å². The number of rotatable bonds is 2. The Morgan fingerprint density at radius 2 is 1.71 bits per heavy atom. The molecule has 5 heteroatoms. The van der Waals surface area contributed by atoms with E-state index in [4.69, 9.17) is 10.2 Å². The van der Waals surface area contributed by atoms with Gasteiger partial charge in [-0.1, -0.05) is 30.3 Å². The van der Waals surface area contributed by atoms with E-state index in [9.17, 15) is 14.4 Å². The number of primary amides is 1. The standard InChI is InChI=1S/C16H11NO4/c1-8(18)12-13(15(17)19)11-7-6-9-4-2-3-5-10(9)14(11)21-16(12)20/h2-7H,1H3,(H2,17,19). The molecule has 0 aliphatic rings. The number of carbonyl (C=O) groups is 2. The van der Waals surface area contributed by atoms with Crippen molar-refractivity contribution in [3.63, 3.8) is 0 Å². The van der Waals surface area contributed by atoms with Gasteiger partial charge in [-0.05, 0) is 18.4 Å². The van der Waals surface area contributed by atoms with E-state index in [0.717, 1.165) is 5.39 Å². The summed E-state index contributed by atoms with van der Waals surface area (Å²) in [6.45, 7) is 1.20. The zero-order chi connectivity index (χ0) is 15.1. The lowest BCUT2D eigenvalue weighted by molar-refractivity contribution is 0.0971. The molecular formula is C16H11NO4. The highest BCUT2D eigenvalue weighted by Gasteiger charge is 2.22. The van der Waals surface area contributed by atoms with Crippen molar-refractivity contribution in [2.45, 2.75) is 6.92 Å². The van der Waals surface area contributed by atoms with E-state index in [1.807, 2.05) is 12.1 Å². The van der Waals surface area contributed by atoms with E-state index in [0.29, 0.717) is 10.8 Å². The third kappa shape index (κ3) is 1.90. The summed E-state index contributed by atoms with van der Waals surface area (Å²) in [6, 6.07) is 10.7. The van der Waals surface area contributed by atoms with E-state index in [1.54, 1.807) is 24.3 Å². The Labute approximate surface area is 119 Å². The van der Waals surface area contributed by atoms with Crippen molar-refractivity contribution in [1.29, 1.82) is 0 Å². The van der Waals surface area contributed by atoms with Crippen LogP contribution in [0.15, 0.2) is 45.6 Å². The minimum absolute atomic E-state index is 0.0838. The molecule has 0 radical (unpaired) electrons. The third-order valence-electron chi connectivity index (χ3n) is 3.40. The van der Waals surface area contributed by atoms with Gasteiger partial charge >= 0.3 is 5.63 Å². The number of hydrogen-bond acceptors (Lipinski definition) is 4. The Balaban J connectivity index is 2.62. The average molecular weight is 281 g/mol. The van der Waals surface area contributed by atoms with Crippen LogP contribution in [0.1, 0.15) is 27.6 Å². The molecule has 2 N–H and O–H groups in total. The van der Waals surface area contributed by atoms with Gasteiger partial charge in [0, 0.05) is 10.8 Å². The maximum atomic E-state index is 12.0. The monoisotopic (exact) mass is 281 g/mol. The SMILES string of the molecule is CC(=O)c1c(C(N)=O)c2ccc3ccccc3c2oc1=O. The van der Waals surface area contributed by atoms with E-state index in [1.165, 1.54) is 6.92 Å². The van der Waals surface area contributed by atoms with Crippen LogP contribution in [0.3, 0.4) is 0 Å². The van der Waals surface area contributed by atoms with Gasteiger partial charge in [-0.25, -0.2) is 4.79 Å². The first-order valence-corrected chi connectivity index (χ1v) is 6.30. The average Bonchev–Trinajstić information content (AvgIpc) is 2.45. The lowest BCUT2D eigenvalue weighted by Crippen LogP contribution is -2.23. The number of hydrogen-bond donors (Lipinski definition) is 1. The summed E-state index contributed by atoms with van der Waals surface area (Å²) in [5.74, 6) is -1.37. The van der Waals surface area contributed by atoms with Gasteiger partial charge in [-0.15, -0.1) is 0 Å². The van der Waals surface area contributed by atoms with Crippen LogP contribution in [-0.2, 0) is 0 Å². The zero-order valence-electron chi connectivity index (χ0n) is 11.2. The van der Waals surface area contributed by atoms with E-state index in [-0.39, 0.29) is 16.7 Å². The molecule has 21 heavy (non-hydrogen) atoms. The summed E-state index contributed by atoms with van der Waals surface area (Å²) in [5.41, 5.74) is 4.39. The fraction of sp³-hybridized carbons (Fsp3) is 0.0625. The highest BCUT2D eigenvalue weighted by molar-refractivity contribution is 6.17. The van der Waals surface area contributed by atoms with Gasteiger partial charge < -0.3 is 10.2 Å². The number of amides is 1. The highest BCUT2D eigenvalue weighted by Crippen LogP contribution is 2.27. The van der Waals surface area contributed by atoms with Crippen molar-refractivity contribution in [3.8, 4) is 0 Å². The zero-order valence-corrected chi connectivity index (χ0v) is 11.2. The van der Waals surface area contributed by atoms with Crippen LogP contribution in [0.2, 0.25) is 0 Å². The molecule has 0 spiro atoms. The quantitative estimate of drug-likeness (QED) is 0.443. The van der Waals surface area contributed by atoms with Crippen molar-refractivity contribution in [3.05, 3.63) is 57.9 Å². The fourth-order valence-corrected chi connectivity index (χ4v) is 2.51. The first kappa shape index (κ1) is 13.1. The lowest BCUT2D eigenvalue weighted by Gasteiger charge is -2.08. The van der Waals surface area contributed by atoms with Crippen LogP contribution in [0.4, 0.5) is 0 Å². The maximum Gasteiger partial charge on any atom is 0.348 e. The molecular weight excluding hydrogens is 270 g/mol. The van der Waals surface area contributed by atoms with Crippen molar-refractivity contribution >= 4 is 33.4 Å². The largest absolute Gasteiger partial charge is 0.421 e. The van der Waals surface area contributed by atoms with Gasteiger partial charge in [0.1, 0.15) is 11.1 Å². The minimum atomic E-state index is -0.847. The topological polar surface area (TPSA) is 90.4 Å². The number of Topliss-reactive ketones (excluding diaryl/α,β-unsaturated/α-hetero) is 1. The molecule has 0 bridgehead atoms. The number of nitrogens with two attached hydrogens (primary N) is 1. The highest BCUT2D eigenvalue weighted by atomic mass is 16.4. The van der Waals surface area contributed by atoms with Crippen molar-refractivity contribution in [1.82, 2.24) is 0 Å². The van der Waals surface area contributed by atoms with Gasteiger partial charge in [-0.3, -0.25) is 9.59 Å². The van der Waals surface area contributed by atoms with Crippen molar-refractivity contribution < 1.29 is 14.0 Å². The Morgan fingerprint density at radius 3 is 2.38 bits per heavy atom. The Hall–Kier alpha value is -2.95. The maximum absolute atomic E-state index is 12.0. The molecule has 104 valence electrons. The molecule has 0 aliphatic carbocycles. The summed E-state index contributed by atoms with van der Waals surface area (Å²) in [4.78, 5) is 35.4. The Morgan fingerprint density at radius 1 is 1.00 bits per heavy atom. The summed E-state index contributed by atoms with van der Waals surface area (Å²) in [7, 11) is 0. The molecule has 0 atom stereocenters. The van der Waals surface area contributed by atoms with Gasteiger partial charge in [-0.2, -0.15) is 0 Å². The molecule has 0 saturated heterocycles. The van der Waals surface area contributed by atoms with E-state index < -0.39 is 17.3 Å². The second-order valence-electron chi connectivity index (χ2n) is 4.72. The van der Waals surface area contributed by atoms with E-state index in [2.05, 4.69) is 0 Å². The third-order valence-corrected chi connectivity index (χ3v) is 3.40. The Kier molecular flexibility index (Phi) is 2.83. The summed E-state index contributed by atoms with van der Waals surface area (Å²) >= 11 is 0. The summed E-state index contributed by atoms with van der Waals surface area (Å²) in [5, 5.41) is 1.91. The van der Waals surface area contributed by atoms with Gasteiger partial charge in [0.15, 0.2) is 5.78 Å². The fourth-order valence-electron chi connectivity index (χ4n) is 2.51. The smallest absolute Gasteiger partial charge is 0.348 e. The summed E-state index contributed by atoms with van der Waals surface area (Å²) in [6.07, 6.45) is 0. The van der Waals surface area contributed by atoms with Crippen LogP contribution >= 0.6 is 0 Å². The molecule has 5 nitrogen and oxygen atoms in total. The molecule has 1 heterocycles. The molecule has 1 amide bonds. The molecule has 0 aliphatic heterocycles. The van der Waals surface area contributed by atoms with Gasteiger partial charge in [0.25, 0.3) is 0 Å². The van der Waals surface area contributed by atoms with Crippen LogP contribution in [0.25, 0.3) is 21.7 Å². The van der Waals surface area contributed by atoms with Crippen LogP contribution < -0.4 is 11.4 Å². The number of benzene rings is 2. The summed E-state index contributed by atoms with van der Waals surface area (Å²) < 4.78 is 5.27. The molecule has 3 rings (SSSR count). The van der Waals surface area contributed by atoms with Crippen molar-refractivity contribution in [2.75, 3.05) is 0 Å². The van der Waals surface area contributed by atoms with Gasteiger partial charge in [0.2, 0.25) is 5.91 Å². The molecule has 3 aromatic rings. The number of carbonyl (C=O) groups excluding carboxylic acids is 2. The molecule has 1 aromatic heterocycles. The van der Waals surface area contributed by atoms with Gasteiger partial charge in [0.05, 0.1) is 5.56 Å². The molecule has 0 unspecified atom stereocenters. The number of fused-ring (bicyclic) bond motifs is 3. The second kappa shape index (κ2) is 4.56. The number of ketones is 1. The molecule has 2 aromatic carbocycles. The van der Waals surface area contributed by atoms with Crippen LogP contribution in [-0.4, -0.2) is 11.7 Å². The van der Waals surface area contributed by atoms with Crippen LogP contribution in [0, 0.1) is 0 Å². The molecule has 0 saturated carbocycles. The Bertz CT molecular complexity index is 969. The minimum Gasteiger partial charge on any atom is -0.421 e. The first-order valence-electron chi connectivity index (χ1n) is 6.30. The lowest BCUT2D eigenvalue weighted by atomic mass is 9.98. The van der Waals surface area contributed by atoms with Crippen molar-refractivity contribution in [2.24, 2.45) is 5.73 Å². The molecule has 0 fully saturated rings. The van der Waals surface area contributed by atoms with Crippen LogP contribution in [0.5, 0.6) is 0 Å².